The van der Waals surface area contributed by atoms with Gasteiger partial charge < -0.3 is 20.6 Å². The van der Waals surface area contributed by atoms with E-state index in [-0.39, 0.29) is 0 Å². The van der Waals surface area contributed by atoms with Crippen LogP contribution in [0.2, 0.25) is 0 Å². The highest BCUT2D eigenvalue weighted by atomic mass is 16.3. The summed E-state index contributed by atoms with van der Waals surface area (Å²) in [5.41, 5.74) is 0.134. The van der Waals surface area contributed by atoms with Crippen molar-refractivity contribution in [3.05, 3.63) is 30.5 Å². The summed E-state index contributed by atoms with van der Waals surface area (Å²) in [6.07, 6.45) is 1.50. The van der Waals surface area contributed by atoms with Crippen LogP contribution in [0.15, 0.2) is 30.5 Å². The minimum atomic E-state index is -1.17. The molecule has 1 heterocycles. The second kappa shape index (κ2) is 5.26. The molecule has 0 atom stereocenters. The van der Waals surface area contributed by atoms with Crippen molar-refractivity contribution in [3.63, 3.8) is 0 Å². The van der Waals surface area contributed by atoms with Crippen molar-refractivity contribution in [2.24, 2.45) is 0 Å². The Balaban J connectivity index is 2.42. The molecule has 18 heavy (non-hydrogen) atoms. The van der Waals surface area contributed by atoms with Crippen molar-refractivity contribution in [2.75, 3.05) is 25.1 Å². The average molecular weight is 249 g/mol. The number of nitrogens with one attached hydrogen (secondary N) is 1. The summed E-state index contributed by atoms with van der Waals surface area (Å²) < 4.78 is 0. The molecule has 0 aliphatic carbocycles. The number of aromatic nitrogens is 2. The molecule has 4 N–H and O–H groups in total. The van der Waals surface area contributed by atoms with Gasteiger partial charge in [-0.3, -0.25) is 0 Å². The quantitative estimate of drug-likeness (QED) is 0.583. The SMILES string of the molecule is OCC(CO)(CO)Nc1cnnc2ccccc12. The zero-order chi connectivity index (χ0) is 13.0. The van der Waals surface area contributed by atoms with E-state index in [1.165, 1.54) is 6.20 Å². The van der Waals surface area contributed by atoms with E-state index in [1.54, 1.807) is 0 Å². The Hall–Kier alpha value is -1.76. The summed E-state index contributed by atoms with van der Waals surface area (Å²) in [7, 11) is 0. The van der Waals surface area contributed by atoms with E-state index in [4.69, 9.17) is 0 Å². The highest BCUT2D eigenvalue weighted by molar-refractivity contribution is 5.90. The predicted molar refractivity (Wildman–Crippen MR) is 67.1 cm³/mol. The van der Waals surface area contributed by atoms with Gasteiger partial charge in [0.25, 0.3) is 0 Å². The molecule has 0 aliphatic heterocycles. The van der Waals surface area contributed by atoms with Crippen LogP contribution in [0.4, 0.5) is 5.69 Å². The smallest absolute Gasteiger partial charge is 0.107 e. The standard InChI is InChI=1S/C12H15N3O3/c16-6-12(7-17,8-18)14-11-5-13-15-10-4-2-1-3-9(10)11/h1-5,16-18H,6-8H2,(H,14,15). The van der Waals surface area contributed by atoms with Gasteiger partial charge in [-0.05, 0) is 6.07 Å². The van der Waals surface area contributed by atoms with Crippen LogP contribution in [-0.2, 0) is 0 Å². The number of rotatable bonds is 5. The Morgan fingerprint density at radius 2 is 1.72 bits per heavy atom. The lowest BCUT2D eigenvalue weighted by Gasteiger charge is -2.30. The largest absolute Gasteiger partial charge is 0.394 e. The maximum Gasteiger partial charge on any atom is 0.107 e. The third kappa shape index (κ3) is 2.26. The van der Waals surface area contributed by atoms with Crippen LogP contribution >= 0.6 is 0 Å². The molecule has 6 heteroatoms. The van der Waals surface area contributed by atoms with Gasteiger partial charge in [0.2, 0.25) is 0 Å². The third-order valence-electron chi connectivity index (χ3n) is 2.85. The molecule has 1 aromatic carbocycles. The number of anilines is 1. The zero-order valence-electron chi connectivity index (χ0n) is 9.74. The van der Waals surface area contributed by atoms with Gasteiger partial charge in [0, 0.05) is 5.39 Å². The predicted octanol–water partition coefficient (Wildman–Crippen LogP) is -0.243. The van der Waals surface area contributed by atoms with Crippen molar-refractivity contribution < 1.29 is 15.3 Å². The van der Waals surface area contributed by atoms with E-state index < -0.39 is 25.4 Å². The van der Waals surface area contributed by atoms with Crippen LogP contribution in [0, 0.1) is 0 Å². The van der Waals surface area contributed by atoms with Crippen LogP contribution in [0.25, 0.3) is 10.9 Å². The molecule has 0 amide bonds. The van der Waals surface area contributed by atoms with Crippen LogP contribution in [0.1, 0.15) is 0 Å². The number of fused-ring (bicyclic) bond motifs is 1. The summed E-state index contributed by atoms with van der Waals surface area (Å²) in [5.74, 6) is 0. The molecule has 6 nitrogen and oxygen atoms in total. The normalized spacial score (nSPS) is 11.7. The number of nitrogens with zero attached hydrogens (tertiary/aromatic N) is 2. The van der Waals surface area contributed by atoms with E-state index in [0.717, 1.165) is 5.39 Å². The summed E-state index contributed by atoms with van der Waals surface area (Å²) in [6, 6.07) is 7.36. The van der Waals surface area contributed by atoms with Gasteiger partial charge in [-0.2, -0.15) is 10.2 Å². The lowest BCUT2D eigenvalue weighted by Crippen LogP contribution is -2.49. The van der Waals surface area contributed by atoms with Gasteiger partial charge in [-0.1, -0.05) is 18.2 Å². The number of hydrogen-bond acceptors (Lipinski definition) is 6. The first-order valence-corrected chi connectivity index (χ1v) is 5.56. The van der Waals surface area contributed by atoms with Gasteiger partial charge in [0.05, 0.1) is 37.2 Å². The second-order valence-electron chi connectivity index (χ2n) is 4.16. The Morgan fingerprint density at radius 3 is 2.39 bits per heavy atom. The lowest BCUT2D eigenvalue weighted by atomic mass is 10.0. The van der Waals surface area contributed by atoms with Gasteiger partial charge in [-0.25, -0.2) is 0 Å². The van der Waals surface area contributed by atoms with Gasteiger partial charge in [0.15, 0.2) is 0 Å². The molecular formula is C12H15N3O3. The first kappa shape index (κ1) is 12.7. The molecule has 0 unspecified atom stereocenters. The molecule has 0 saturated heterocycles. The fourth-order valence-corrected chi connectivity index (χ4v) is 1.66. The molecule has 0 fully saturated rings. The molecule has 0 bridgehead atoms. The highest BCUT2D eigenvalue weighted by Gasteiger charge is 2.28. The van der Waals surface area contributed by atoms with E-state index >= 15 is 0 Å². The topological polar surface area (TPSA) is 98.5 Å². The molecule has 1 aromatic heterocycles. The van der Waals surface area contributed by atoms with Crippen LogP contribution < -0.4 is 5.32 Å². The van der Waals surface area contributed by atoms with E-state index in [0.29, 0.717) is 11.2 Å². The van der Waals surface area contributed by atoms with Crippen LogP contribution in [-0.4, -0.2) is 50.9 Å². The fourth-order valence-electron chi connectivity index (χ4n) is 1.66. The van der Waals surface area contributed by atoms with Crippen molar-refractivity contribution >= 4 is 16.6 Å². The lowest BCUT2D eigenvalue weighted by molar-refractivity contribution is 0.0834. The van der Waals surface area contributed by atoms with Crippen molar-refractivity contribution in [1.82, 2.24) is 10.2 Å². The number of hydrogen-bond donors (Lipinski definition) is 4. The molecule has 0 saturated carbocycles. The fraction of sp³-hybridized carbons (Fsp3) is 0.333. The molecule has 2 rings (SSSR count). The average Bonchev–Trinajstić information content (AvgIpc) is 2.45. The van der Waals surface area contributed by atoms with Gasteiger partial charge in [-0.15, -0.1) is 0 Å². The Labute approximate surface area is 104 Å². The summed E-state index contributed by atoms with van der Waals surface area (Å²) >= 11 is 0. The maximum absolute atomic E-state index is 9.29. The van der Waals surface area contributed by atoms with Crippen molar-refractivity contribution in [1.29, 1.82) is 0 Å². The Bertz CT molecular complexity index is 515. The van der Waals surface area contributed by atoms with Crippen LogP contribution in [0.3, 0.4) is 0 Å². The number of aliphatic hydroxyl groups is 3. The minimum absolute atomic E-state index is 0.392. The molecule has 96 valence electrons. The Morgan fingerprint density at radius 1 is 1.06 bits per heavy atom. The first-order valence-electron chi connectivity index (χ1n) is 5.56. The zero-order valence-corrected chi connectivity index (χ0v) is 9.74. The number of benzene rings is 1. The first-order chi connectivity index (χ1) is 8.74. The van der Waals surface area contributed by atoms with Crippen molar-refractivity contribution in [2.45, 2.75) is 5.54 Å². The molecule has 0 spiro atoms. The molecular weight excluding hydrogens is 234 g/mol. The van der Waals surface area contributed by atoms with E-state index in [9.17, 15) is 15.3 Å². The van der Waals surface area contributed by atoms with E-state index in [1.807, 2.05) is 24.3 Å². The third-order valence-corrected chi connectivity index (χ3v) is 2.85. The monoisotopic (exact) mass is 249 g/mol. The Kier molecular flexibility index (Phi) is 3.71. The molecule has 2 aromatic rings. The number of aliphatic hydroxyl groups excluding tert-OH is 3. The van der Waals surface area contributed by atoms with E-state index in [2.05, 4.69) is 15.5 Å². The van der Waals surface area contributed by atoms with Crippen LogP contribution in [0.5, 0.6) is 0 Å². The van der Waals surface area contributed by atoms with Gasteiger partial charge >= 0.3 is 0 Å². The highest BCUT2D eigenvalue weighted by Crippen LogP contribution is 2.23. The molecule has 0 aliphatic rings. The maximum atomic E-state index is 9.29. The molecule has 0 radical (unpaired) electrons. The summed E-state index contributed by atoms with van der Waals surface area (Å²) in [4.78, 5) is 0. The summed E-state index contributed by atoms with van der Waals surface area (Å²) in [6.45, 7) is -1.18. The summed E-state index contributed by atoms with van der Waals surface area (Å²) in [5, 5.41) is 39.4. The second-order valence-corrected chi connectivity index (χ2v) is 4.16. The van der Waals surface area contributed by atoms with Crippen molar-refractivity contribution in [3.8, 4) is 0 Å². The minimum Gasteiger partial charge on any atom is -0.394 e. The van der Waals surface area contributed by atoms with Gasteiger partial charge in [0.1, 0.15) is 5.54 Å².